The molecule has 3 aromatic rings. The summed E-state index contributed by atoms with van der Waals surface area (Å²) in [5, 5.41) is 3.33. The van der Waals surface area contributed by atoms with E-state index in [0.717, 1.165) is 53.6 Å². The van der Waals surface area contributed by atoms with Crippen LogP contribution in [0.5, 0.6) is 11.5 Å². The third kappa shape index (κ3) is 4.59. The molecule has 0 atom stereocenters. The van der Waals surface area contributed by atoms with Crippen molar-refractivity contribution in [1.29, 1.82) is 0 Å². The van der Waals surface area contributed by atoms with Gasteiger partial charge in [-0.25, -0.2) is 4.98 Å². The van der Waals surface area contributed by atoms with Crippen molar-refractivity contribution in [2.75, 3.05) is 37.0 Å². The van der Waals surface area contributed by atoms with Crippen molar-refractivity contribution in [2.24, 2.45) is 0 Å². The van der Waals surface area contributed by atoms with E-state index >= 15 is 0 Å². The van der Waals surface area contributed by atoms with Crippen molar-refractivity contribution >= 4 is 17.5 Å². The summed E-state index contributed by atoms with van der Waals surface area (Å²) >= 11 is 0. The maximum absolute atomic E-state index is 5.69. The maximum Gasteiger partial charge on any atom is 0.229 e. The molecule has 0 aliphatic carbocycles. The lowest BCUT2D eigenvalue weighted by molar-refractivity contribution is 0.171. The number of rotatable bonds is 7. The predicted octanol–water partition coefficient (Wildman–Crippen LogP) is 4.89. The predicted molar refractivity (Wildman–Crippen MR) is 116 cm³/mol. The van der Waals surface area contributed by atoms with E-state index in [1.54, 1.807) is 0 Å². The molecule has 1 aliphatic heterocycles. The van der Waals surface area contributed by atoms with Gasteiger partial charge in [0.05, 0.1) is 5.69 Å². The number of aromatic nitrogens is 2. The number of hydrogen-bond acceptors (Lipinski definition) is 6. The van der Waals surface area contributed by atoms with Gasteiger partial charge >= 0.3 is 0 Å². The van der Waals surface area contributed by atoms with E-state index in [9.17, 15) is 0 Å². The van der Waals surface area contributed by atoms with Crippen molar-refractivity contribution in [2.45, 2.75) is 19.8 Å². The lowest BCUT2D eigenvalue weighted by atomic mass is 10.1. The van der Waals surface area contributed by atoms with E-state index in [1.807, 2.05) is 42.5 Å². The average molecular weight is 390 g/mol. The van der Waals surface area contributed by atoms with Gasteiger partial charge in [-0.15, -0.1) is 0 Å². The van der Waals surface area contributed by atoms with Crippen LogP contribution in [0.25, 0.3) is 11.3 Å². The Kier molecular flexibility index (Phi) is 5.79. The van der Waals surface area contributed by atoms with Crippen LogP contribution in [0, 0.1) is 0 Å². The first-order valence-electron chi connectivity index (χ1n) is 10.1. The Morgan fingerprint density at radius 1 is 0.966 bits per heavy atom. The molecule has 2 heterocycles. The van der Waals surface area contributed by atoms with Crippen molar-refractivity contribution < 1.29 is 9.47 Å². The van der Waals surface area contributed by atoms with Crippen LogP contribution in [0.3, 0.4) is 0 Å². The van der Waals surface area contributed by atoms with Crippen molar-refractivity contribution in [1.82, 2.24) is 9.97 Å². The van der Waals surface area contributed by atoms with E-state index in [1.165, 1.54) is 0 Å². The largest absolute Gasteiger partial charge is 0.486 e. The molecule has 0 unspecified atom stereocenters. The molecule has 0 fully saturated rings. The van der Waals surface area contributed by atoms with Gasteiger partial charge in [0.1, 0.15) is 19.0 Å². The fourth-order valence-electron chi connectivity index (χ4n) is 3.20. The molecule has 2 aromatic carbocycles. The number of hydrogen-bond donors (Lipinski definition) is 1. The summed E-state index contributed by atoms with van der Waals surface area (Å²) < 4.78 is 11.3. The molecule has 0 amide bonds. The van der Waals surface area contributed by atoms with E-state index in [0.29, 0.717) is 19.2 Å². The van der Waals surface area contributed by atoms with Crippen LogP contribution in [0.2, 0.25) is 0 Å². The lowest BCUT2D eigenvalue weighted by Gasteiger charge is -2.21. The van der Waals surface area contributed by atoms with E-state index in [-0.39, 0.29) is 0 Å². The van der Waals surface area contributed by atoms with Gasteiger partial charge in [0.15, 0.2) is 11.5 Å². The Balaban J connectivity index is 1.66. The third-order valence-electron chi connectivity index (χ3n) is 4.82. The average Bonchev–Trinajstić information content (AvgIpc) is 2.77. The zero-order valence-corrected chi connectivity index (χ0v) is 16.9. The number of benzene rings is 2. The number of anilines is 3. The molecule has 150 valence electrons. The highest BCUT2D eigenvalue weighted by atomic mass is 16.6. The Hall–Kier alpha value is -3.28. The Morgan fingerprint density at radius 2 is 1.76 bits per heavy atom. The lowest BCUT2D eigenvalue weighted by Crippen LogP contribution is -2.20. The highest BCUT2D eigenvalue weighted by molar-refractivity contribution is 5.67. The van der Waals surface area contributed by atoms with Gasteiger partial charge in [-0.3, -0.25) is 0 Å². The number of ether oxygens (including phenoxy) is 2. The smallest absolute Gasteiger partial charge is 0.229 e. The second kappa shape index (κ2) is 8.82. The van der Waals surface area contributed by atoms with E-state index in [2.05, 4.69) is 36.3 Å². The van der Waals surface area contributed by atoms with Gasteiger partial charge in [0.25, 0.3) is 0 Å². The minimum Gasteiger partial charge on any atom is -0.486 e. The van der Waals surface area contributed by atoms with E-state index < -0.39 is 0 Å². The molecule has 29 heavy (non-hydrogen) atoms. The Morgan fingerprint density at radius 3 is 2.55 bits per heavy atom. The molecule has 6 heteroatoms. The quantitative estimate of drug-likeness (QED) is 0.619. The van der Waals surface area contributed by atoms with Gasteiger partial charge in [0, 0.05) is 37.0 Å². The van der Waals surface area contributed by atoms with Crippen molar-refractivity contribution in [3.05, 3.63) is 54.6 Å². The van der Waals surface area contributed by atoms with Crippen LogP contribution >= 0.6 is 0 Å². The van der Waals surface area contributed by atoms with Gasteiger partial charge < -0.3 is 19.7 Å². The minimum atomic E-state index is 0.557. The molecule has 1 N–H and O–H groups in total. The number of nitrogens with one attached hydrogen (secondary N) is 1. The number of fused-ring (bicyclic) bond motifs is 1. The van der Waals surface area contributed by atoms with Gasteiger partial charge in [-0.2, -0.15) is 4.98 Å². The zero-order chi connectivity index (χ0) is 20.1. The first kappa shape index (κ1) is 19.1. The molecule has 1 aromatic heterocycles. The SMILES string of the molecule is CCCCN(C)c1cc(-c2ccccc2)nc(Nc2ccc3c(c2)OCCO3)n1. The fraction of sp³-hybridized carbons (Fsp3) is 0.304. The first-order chi connectivity index (χ1) is 14.2. The number of unbranched alkanes of at least 4 members (excludes halogenated alkanes) is 1. The highest BCUT2D eigenvalue weighted by Gasteiger charge is 2.14. The van der Waals surface area contributed by atoms with Crippen LogP contribution in [-0.2, 0) is 0 Å². The van der Waals surface area contributed by atoms with Gasteiger partial charge in [-0.05, 0) is 18.6 Å². The fourth-order valence-corrected chi connectivity index (χ4v) is 3.20. The topological polar surface area (TPSA) is 59.5 Å². The Labute approximate surface area is 171 Å². The van der Waals surface area contributed by atoms with Crippen LogP contribution < -0.4 is 19.7 Å². The van der Waals surface area contributed by atoms with Crippen LogP contribution in [0.1, 0.15) is 19.8 Å². The molecule has 0 radical (unpaired) electrons. The van der Waals surface area contributed by atoms with E-state index in [4.69, 9.17) is 19.4 Å². The monoisotopic (exact) mass is 390 g/mol. The summed E-state index contributed by atoms with van der Waals surface area (Å²) in [5.41, 5.74) is 2.81. The van der Waals surface area contributed by atoms with Gasteiger partial charge in [0.2, 0.25) is 5.95 Å². The summed E-state index contributed by atoms with van der Waals surface area (Å²) in [6.45, 7) is 4.28. The Bertz CT molecular complexity index is 962. The number of nitrogens with zero attached hydrogens (tertiary/aromatic N) is 3. The molecule has 0 saturated heterocycles. The highest BCUT2D eigenvalue weighted by Crippen LogP contribution is 2.33. The summed E-state index contributed by atoms with van der Waals surface area (Å²) in [7, 11) is 2.07. The standard InChI is InChI=1S/C23H26N4O2/c1-3-4-12-27(2)22-16-19(17-8-6-5-7-9-17)25-23(26-22)24-18-10-11-20-21(15-18)29-14-13-28-20/h5-11,15-16H,3-4,12-14H2,1-2H3,(H,24,25,26). The second-order valence-electron chi connectivity index (χ2n) is 7.06. The summed E-state index contributed by atoms with van der Waals surface area (Å²) in [6.07, 6.45) is 2.26. The summed E-state index contributed by atoms with van der Waals surface area (Å²) in [6, 6.07) is 18.0. The molecule has 0 saturated carbocycles. The summed E-state index contributed by atoms with van der Waals surface area (Å²) in [4.78, 5) is 11.7. The van der Waals surface area contributed by atoms with Crippen molar-refractivity contribution in [3.8, 4) is 22.8 Å². The van der Waals surface area contributed by atoms with Crippen LogP contribution in [0.15, 0.2) is 54.6 Å². The molecule has 6 nitrogen and oxygen atoms in total. The van der Waals surface area contributed by atoms with Gasteiger partial charge in [-0.1, -0.05) is 43.7 Å². The van der Waals surface area contributed by atoms with Crippen LogP contribution in [0.4, 0.5) is 17.5 Å². The molecule has 4 rings (SSSR count). The molecular weight excluding hydrogens is 364 g/mol. The zero-order valence-electron chi connectivity index (χ0n) is 16.9. The second-order valence-corrected chi connectivity index (χ2v) is 7.06. The molecule has 0 spiro atoms. The summed E-state index contributed by atoms with van der Waals surface area (Å²) in [5.74, 6) is 2.95. The maximum atomic E-state index is 5.69. The van der Waals surface area contributed by atoms with Crippen LogP contribution in [-0.4, -0.2) is 36.8 Å². The molecular formula is C23H26N4O2. The normalized spacial score (nSPS) is 12.5. The third-order valence-corrected chi connectivity index (χ3v) is 4.82. The molecule has 1 aliphatic rings. The van der Waals surface area contributed by atoms with Crippen molar-refractivity contribution in [3.63, 3.8) is 0 Å². The first-order valence-corrected chi connectivity index (χ1v) is 10.1. The minimum absolute atomic E-state index is 0.557. The molecule has 0 bridgehead atoms.